The monoisotopic (exact) mass is 264 g/mol. The molecule has 1 heterocycles. The van der Waals surface area contributed by atoms with Gasteiger partial charge in [0, 0.05) is 13.5 Å². The van der Waals surface area contributed by atoms with Crippen LogP contribution in [0.1, 0.15) is 17.1 Å². The van der Waals surface area contributed by atoms with Gasteiger partial charge in [0.25, 0.3) is 0 Å². The van der Waals surface area contributed by atoms with Gasteiger partial charge in [0.05, 0.1) is 5.69 Å². The Bertz CT molecular complexity index is 460. The van der Waals surface area contributed by atoms with E-state index in [0.29, 0.717) is 0 Å². The zero-order chi connectivity index (χ0) is 10.8. The average Bonchev–Trinajstić information content (AvgIpc) is 2.47. The fourth-order valence-electron chi connectivity index (χ4n) is 1.60. The van der Waals surface area contributed by atoms with E-state index in [0.717, 1.165) is 16.8 Å². The fraction of sp³-hybridized carbons (Fsp3) is 0.250. The summed E-state index contributed by atoms with van der Waals surface area (Å²) in [4.78, 5) is 4.39. The molecule has 3 heteroatoms. The molecule has 0 bridgehead atoms. The van der Waals surface area contributed by atoms with E-state index in [9.17, 15) is 0 Å². The molecule has 2 rings (SSSR count). The molecule has 78 valence electrons. The molecule has 0 saturated heterocycles. The van der Waals surface area contributed by atoms with Crippen molar-refractivity contribution in [3.8, 4) is 0 Å². The average molecular weight is 265 g/mol. The molecule has 1 aromatic carbocycles. The first-order chi connectivity index (χ1) is 7.18. The molecule has 1 aromatic heterocycles. The molecule has 0 unspecified atom stereocenters. The van der Waals surface area contributed by atoms with E-state index >= 15 is 0 Å². The van der Waals surface area contributed by atoms with Crippen LogP contribution in [0.25, 0.3) is 0 Å². The van der Waals surface area contributed by atoms with Gasteiger partial charge < -0.3 is 4.57 Å². The molecular formula is C12H13BrN2. The molecule has 0 amide bonds. The van der Waals surface area contributed by atoms with E-state index in [1.807, 2.05) is 20.0 Å². The van der Waals surface area contributed by atoms with Crippen molar-refractivity contribution < 1.29 is 0 Å². The molecule has 15 heavy (non-hydrogen) atoms. The van der Waals surface area contributed by atoms with Crippen LogP contribution in [-0.2, 0) is 13.5 Å². The number of benzene rings is 1. The highest BCUT2D eigenvalue weighted by Crippen LogP contribution is 2.19. The first-order valence-corrected chi connectivity index (χ1v) is 5.69. The van der Waals surface area contributed by atoms with Crippen LogP contribution in [0.3, 0.4) is 0 Å². The van der Waals surface area contributed by atoms with Crippen molar-refractivity contribution in [1.29, 1.82) is 0 Å². The van der Waals surface area contributed by atoms with Gasteiger partial charge in [-0.15, -0.1) is 0 Å². The molecule has 0 radical (unpaired) electrons. The zero-order valence-electron chi connectivity index (χ0n) is 8.87. The number of hydrogen-bond donors (Lipinski definition) is 0. The van der Waals surface area contributed by atoms with Crippen LogP contribution in [0, 0.1) is 6.92 Å². The summed E-state index contributed by atoms with van der Waals surface area (Å²) in [6, 6.07) is 10.4. The van der Waals surface area contributed by atoms with Gasteiger partial charge in [-0.05, 0) is 28.4 Å². The van der Waals surface area contributed by atoms with Crippen LogP contribution >= 0.6 is 15.9 Å². The van der Waals surface area contributed by atoms with Gasteiger partial charge in [0.2, 0.25) is 0 Å². The first-order valence-electron chi connectivity index (χ1n) is 4.90. The quantitative estimate of drug-likeness (QED) is 0.815. The van der Waals surface area contributed by atoms with Gasteiger partial charge in [0.1, 0.15) is 10.4 Å². The molecular weight excluding hydrogens is 252 g/mol. The predicted octanol–water partition coefficient (Wildman–Crippen LogP) is 3.08. The predicted molar refractivity (Wildman–Crippen MR) is 64.9 cm³/mol. The first kappa shape index (κ1) is 10.4. The molecule has 0 N–H and O–H groups in total. The van der Waals surface area contributed by atoms with Gasteiger partial charge in [-0.3, -0.25) is 0 Å². The Morgan fingerprint density at radius 1 is 1.27 bits per heavy atom. The van der Waals surface area contributed by atoms with Crippen molar-refractivity contribution in [2.75, 3.05) is 0 Å². The highest BCUT2D eigenvalue weighted by Gasteiger charge is 2.09. The molecule has 0 saturated carbocycles. The van der Waals surface area contributed by atoms with Crippen LogP contribution < -0.4 is 0 Å². The lowest BCUT2D eigenvalue weighted by Gasteiger charge is -2.04. The summed E-state index contributed by atoms with van der Waals surface area (Å²) in [5.74, 6) is 1.04. The minimum absolute atomic E-state index is 0.915. The second-order valence-electron chi connectivity index (χ2n) is 3.62. The second-order valence-corrected chi connectivity index (χ2v) is 4.37. The van der Waals surface area contributed by atoms with Crippen LogP contribution in [0.4, 0.5) is 0 Å². The third-order valence-corrected chi connectivity index (χ3v) is 3.24. The van der Waals surface area contributed by atoms with Gasteiger partial charge >= 0.3 is 0 Å². The van der Waals surface area contributed by atoms with Crippen LogP contribution in [0.15, 0.2) is 34.9 Å². The Labute approximate surface area is 98.1 Å². The van der Waals surface area contributed by atoms with Crippen molar-refractivity contribution in [3.05, 3.63) is 52.0 Å². The lowest BCUT2D eigenvalue weighted by Crippen LogP contribution is -1.99. The summed E-state index contributed by atoms with van der Waals surface area (Å²) in [5.41, 5.74) is 2.53. The molecule has 0 aliphatic carbocycles. The highest BCUT2D eigenvalue weighted by molar-refractivity contribution is 9.10. The maximum absolute atomic E-state index is 4.39. The minimum atomic E-state index is 0.915. The summed E-state index contributed by atoms with van der Waals surface area (Å²) >= 11 is 3.49. The van der Waals surface area contributed by atoms with Gasteiger partial charge in [0.15, 0.2) is 0 Å². The summed E-state index contributed by atoms with van der Waals surface area (Å²) < 4.78 is 3.07. The smallest absolute Gasteiger partial charge is 0.127 e. The number of rotatable bonds is 2. The summed E-state index contributed by atoms with van der Waals surface area (Å²) in [6.45, 7) is 2.01. The summed E-state index contributed by atoms with van der Waals surface area (Å²) in [6.07, 6.45) is 0.915. The van der Waals surface area contributed by atoms with Crippen molar-refractivity contribution in [3.63, 3.8) is 0 Å². The molecule has 0 spiro atoms. The maximum Gasteiger partial charge on any atom is 0.127 e. The normalized spacial score (nSPS) is 10.6. The third kappa shape index (κ3) is 2.12. The highest BCUT2D eigenvalue weighted by atomic mass is 79.9. The van der Waals surface area contributed by atoms with Crippen molar-refractivity contribution >= 4 is 15.9 Å². The minimum Gasteiger partial charge on any atom is -0.334 e. The Kier molecular flexibility index (Phi) is 2.91. The van der Waals surface area contributed by atoms with Crippen molar-refractivity contribution in [1.82, 2.24) is 9.55 Å². The van der Waals surface area contributed by atoms with E-state index in [4.69, 9.17) is 0 Å². The van der Waals surface area contributed by atoms with Crippen LogP contribution in [-0.4, -0.2) is 9.55 Å². The van der Waals surface area contributed by atoms with Crippen LogP contribution in [0.5, 0.6) is 0 Å². The van der Waals surface area contributed by atoms with Crippen LogP contribution in [0.2, 0.25) is 0 Å². The van der Waals surface area contributed by atoms with Gasteiger partial charge in [-0.1, -0.05) is 30.3 Å². The Morgan fingerprint density at radius 2 is 1.93 bits per heavy atom. The largest absolute Gasteiger partial charge is 0.334 e. The van der Waals surface area contributed by atoms with Gasteiger partial charge in [-0.25, -0.2) is 4.98 Å². The number of halogens is 1. The number of aromatic nitrogens is 2. The number of imidazole rings is 1. The maximum atomic E-state index is 4.39. The third-order valence-electron chi connectivity index (χ3n) is 2.60. The second kappa shape index (κ2) is 4.19. The lowest BCUT2D eigenvalue weighted by atomic mass is 10.1. The summed E-state index contributed by atoms with van der Waals surface area (Å²) in [5, 5.41) is 0. The zero-order valence-corrected chi connectivity index (χ0v) is 10.5. The van der Waals surface area contributed by atoms with Crippen molar-refractivity contribution in [2.45, 2.75) is 13.3 Å². The molecule has 2 nitrogen and oxygen atoms in total. The number of nitrogens with zero attached hydrogens (tertiary/aromatic N) is 2. The van der Waals surface area contributed by atoms with E-state index in [-0.39, 0.29) is 0 Å². The summed E-state index contributed by atoms with van der Waals surface area (Å²) in [7, 11) is 2.05. The van der Waals surface area contributed by atoms with Crippen molar-refractivity contribution in [2.24, 2.45) is 7.05 Å². The Balaban J connectivity index is 2.32. The lowest BCUT2D eigenvalue weighted by molar-refractivity contribution is 0.805. The van der Waals surface area contributed by atoms with E-state index in [1.54, 1.807) is 0 Å². The molecule has 0 aliphatic heterocycles. The fourth-order valence-corrected chi connectivity index (χ4v) is 2.26. The standard InChI is InChI=1S/C12H13BrN2/c1-9-14-12(13)11(15(9)2)8-10-6-4-3-5-7-10/h3-7H,8H2,1-2H3. The molecule has 0 atom stereocenters. The molecule has 0 aliphatic rings. The van der Waals surface area contributed by atoms with Gasteiger partial charge in [-0.2, -0.15) is 0 Å². The molecule has 2 aromatic rings. The number of aryl methyl sites for hydroxylation is 1. The van der Waals surface area contributed by atoms with E-state index < -0.39 is 0 Å². The molecule has 0 fully saturated rings. The number of hydrogen-bond acceptors (Lipinski definition) is 1. The Hall–Kier alpha value is -1.09. The topological polar surface area (TPSA) is 17.8 Å². The SMILES string of the molecule is Cc1nc(Br)c(Cc2ccccc2)n1C. The Morgan fingerprint density at radius 3 is 2.47 bits per heavy atom. The van der Waals surface area contributed by atoms with E-state index in [2.05, 4.69) is 49.7 Å². The van der Waals surface area contributed by atoms with E-state index in [1.165, 1.54) is 11.3 Å².